The average molecular weight is 350 g/mol. The van der Waals surface area contributed by atoms with Crippen LogP contribution in [0.15, 0.2) is 82.6 Å². The lowest BCUT2D eigenvalue weighted by Crippen LogP contribution is -1.78. The molecule has 118 valence electrons. The topological polar surface area (TPSA) is 40.5 Å². The zero-order chi connectivity index (χ0) is 16.5. The molecule has 0 amide bonds. The van der Waals surface area contributed by atoms with E-state index in [4.69, 9.17) is 0 Å². The molecular weight excluding hydrogens is 336 g/mol. The van der Waals surface area contributed by atoms with Crippen LogP contribution in [0.2, 0.25) is 0 Å². The fourth-order valence-corrected chi connectivity index (χ4v) is 4.98. The highest BCUT2D eigenvalue weighted by atomic mass is 32.2. The minimum Gasteiger partial charge on any atom is -0.508 e. The molecule has 0 unspecified atom stereocenters. The zero-order valence-electron chi connectivity index (χ0n) is 12.6. The first-order valence-corrected chi connectivity index (χ1v) is 9.12. The van der Waals surface area contributed by atoms with Crippen molar-refractivity contribution in [2.24, 2.45) is 0 Å². The lowest BCUT2D eigenvalue weighted by atomic mass is 10.1. The van der Waals surface area contributed by atoms with Gasteiger partial charge < -0.3 is 10.2 Å². The fraction of sp³-hybridized carbons (Fsp3) is 0. The predicted molar refractivity (Wildman–Crippen MR) is 101 cm³/mol. The van der Waals surface area contributed by atoms with Crippen LogP contribution in [0, 0.1) is 0 Å². The van der Waals surface area contributed by atoms with Crippen molar-refractivity contribution in [2.45, 2.75) is 9.79 Å². The van der Waals surface area contributed by atoms with Crippen LogP contribution in [0.25, 0.3) is 20.5 Å². The van der Waals surface area contributed by atoms with Crippen molar-refractivity contribution < 1.29 is 10.2 Å². The van der Waals surface area contributed by atoms with Crippen LogP contribution in [0.5, 0.6) is 11.5 Å². The van der Waals surface area contributed by atoms with Crippen molar-refractivity contribution >= 4 is 33.2 Å². The molecule has 0 saturated heterocycles. The number of benzene rings is 3. The van der Waals surface area contributed by atoms with Gasteiger partial charge in [-0.2, -0.15) is 0 Å². The molecule has 4 aromatic rings. The van der Waals surface area contributed by atoms with Gasteiger partial charge in [0, 0.05) is 24.8 Å². The summed E-state index contributed by atoms with van der Waals surface area (Å²) < 4.78 is 1.24. The van der Waals surface area contributed by atoms with Crippen LogP contribution in [0.4, 0.5) is 0 Å². The Labute approximate surface area is 148 Å². The summed E-state index contributed by atoms with van der Waals surface area (Å²) in [7, 11) is 0. The molecule has 2 N–H and O–H groups in total. The summed E-state index contributed by atoms with van der Waals surface area (Å²) >= 11 is 3.45. The van der Waals surface area contributed by atoms with Gasteiger partial charge in [0.1, 0.15) is 11.5 Å². The molecule has 0 aliphatic heterocycles. The fourth-order valence-electron chi connectivity index (χ4n) is 2.56. The molecule has 0 saturated carbocycles. The normalized spacial score (nSPS) is 11.0. The van der Waals surface area contributed by atoms with E-state index in [9.17, 15) is 10.2 Å². The van der Waals surface area contributed by atoms with Crippen molar-refractivity contribution in [3.8, 4) is 21.9 Å². The van der Waals surface area contributed by atoms with Gasteiger partial charge in [0.05, 0.1) is 0 Å². The third-order valence-electron chi connectivity index (χ3n) is 3.74. The van der Waals surface area contributed by atoms with Gasteiger partial charge in [-0.05, 0) is 60.2 Å². The Morgan fingerprint density at radius 1 is 0.708 bits per heavy atom. The number of hydrogen-bond donors (Lipinski definition) is 2. The molecule has 2 nitrogen and oxygen atoms in total. The van der Waals surface area contributed by atoms with Crippen molar-refractivity contribution in [3.63, 3.8) is 0 Å². The van der Waals surface area contributed by atoms with E-state index < -0.39 is 0 Å². The Bertz CT molecular complexity index is 987. The van der Waals surface area contributed by atoms with E-state index in [1.54, 1.807) is 47.4 Å². The Morgan fingerprint density at radius 3 is 2.04 bits per heavy atom. The van der Waals surface area contributed by atoms with Gasteiger partial charge in [0.2, 0.25) is 0 Å². The Kier molecular flexibility index (Phi) is 3.92. The second kappa shape index (κ2) is 6.23. The molecule has 0 radical (unpaired) electrons. The molecule has 0 atom stereocenters. The van der Waals surface area contributed by atoms with E-state index in [0.29, 0.717) is 0 Å². The Morgan fingerprint density at radius 2 is 1.33 bits per heavy atom. The van der Waals surface area contributed by atoms with Crippen LogP contribution in [0.3, 0.4) is 0 Å². The van der Waals surface area contributed by atoms with Gasteiger partial charge in [0.15, 0.2) is 0 Å². The molecule has 0 aliphatic rings. The van der Waals surface area contributed by atoms with Crippen LogP contribution < -0.4 is 0 Å². The number of hydrogen-bond acceptors (Lipinski definition) is 4. The maximum Gasteiger partial charge on any atom is 0.115 e. The highest BCUT2D eigenvalue weighted by molar-refractivity contribution is 8.00. The van der Waals surface area contributed by atoms with Crippen molar-refractivity contribution in [1.82, 2.24) is 0 Å². The first-order valence-electron chi connectivity index (χ1n) is 7.48. The standard InChI is InChI=1S/C20H14O2S2/c21-14-7-5-13(6-8-14)19-20(17-3-1-2-4-18(17)24-19)23-16-11-9-15(22)10-12-16/h1-12,21-22H. The summed E-state index contributed by atoms with van der Waals surface area (Å²) in [6.07, 6.45) is 0. The number of phenolic OH excluding ortho intramolecular Hbond substituents is 2. The van der Waals surface area contributed by atoms with Gasteiger partial charge in [-0.1, -0.05) is 30.0 Å². The molecule has 0 bridgehead atoms. The second-order valence-electron chi connectivity index (χ2n) is 5.40. The molecule has 4 heteroatoms. The summed E-state index contributed by atoms with van der Waals surface area (Å²) in [5.41, 5.74) is 1.09. The minimum atomic E-state index is 0.271. The minimum absolute atomic E-state index is 0.271. The molecular formula is C20H14O2S2. The van der Waals surface area contributed by atoms with Gasteiger partial charge in [0.25, 0.3) is 0 Å². The van der Waals surface area contributed by atoms with Crippen LogP contribution in [0.1, 0.15) is 0 Å². The molecule has 0 aliphatic carbocycles. The van der Waals surface area contributed by atoms with E-state index >= 15 is 0 Å². The quantitative estimate of drug-likeness (QED) is 0.467. The molecule has 1 aromatic heterocycles. The lowest BCUT2D eigenvalue weighted by molar-refractivity contribution is 0.474. The average Bonchev–Trinajstić information content (AvgIpc) is 2.96. The smallest absolute Gasteiger partial charge is 0.115 e. The van der Waals surface area contributed by atoms with Crippen LogP contribution >= 0.6 is 23.1 Å². The third-order valence-corrected chi connectivity index (χ3v) is 6.22. The highest BCUT2D eigenvalue weighted by Crippen LogP contribution is 2.46. The van der Waals surface area contributed by atoms with Gasteiger partial charge >= 0.3 is 0 Å². The molecule has 24 heavy (non-hydrogen) atoms. The van der Waals surface area contributed by atoms with Crippen molar-refractivity contribution in [2.75, 3.05) is 0 Å². The second-order valence-corrected chi connectivity index (χ2v) is 7.54. The predicted octanol–water partition coefficient (Wildman–Crippen LogP) is 6.13. The van der Waals surface area contributed by atoms with Gasteiger partial charge in [-0.25, -0.2) is 0 Å². The Balaban J connectivity index is 1.86. The molecule has 3 aromatic carbocycles. The monoisotopic (exact) mass is 350 g/mol. The largest absolute Gasteiger partial charge is 0.508 e. The number of rotatable bonds is 3. The molecule has 0 fully saturated rings. The Hall–Kier alpha value is -2.43. The number of thiophene rings is 1. The first-order chi connectivity index (χ1) is 11.7. The highest BCUT2D eigenvalue weighted by Gasteiger charge is 2.15. The van der Waals surface area contributed by atoms with Crippen LogP contribution in [-0.2, 0) is 0 Å². The number of aromatic hydroxyl groups is 2. The molecule has 4 rings (SSSR count). The zero-order valence-corrected chi connectivity index (χ0v) is 14.3. The number of fused-ring (bicyclic) bond motifs is 1. The van der Waals surface area contributed by atoms with E-state index in [1.165, 1.54) is 19.9 Å². The lowest BCUT2D eigenvalue weighted by Gasteiger charge is -2.06. The third kappa shape index (κ3) is 2.86. The van der Waals surface area contributed by atoms with E-state index in [2.05, 4.69) is 24.3 Å². The van der Waals surface area contributed by atoms with Gasteiger partial charge in [-0.3, -0.25) is 0 Å². The number of phenols is 2. The maximum atomic E-state index is 9.55. The van der Waals surface area contributed by atoms with Gasteiger partial charge in [-0.15, -0.1) is 11.3 Å². The summed E-state index contributed by atoms with van der Waals surface area (Å²) in [6, 6.07) is 23.0. The van der Waals surface area contributed by atoms with E-state index in [0.717, 1.165) is 10.5 Å². The summed E-state index contributed by atoms with van der Waals surface area (Å²) in [5, 5.41) is 20.3. The first kappa shape index (κ1) is 15.1. The van der Waals surface area contributed by atoms with Crippen LogP contribution in [-0.4, -0.2) is 10.2 Å². The summed E-state index contributed by atoms with van der Waals surface area (Å²) in [6.45, 7) is 0. The maximum absolute atomic E-state index is 9.55. The SMILES string of the molecule is Oc1ccc(Sc2c(-c3ccc(O)cc3)sc3ccccc23)cc1. The molecule has 1 heterocycles. The summed E-state index contributed by atoms with van der Waals surface area (Å²) in [4.78, 5) is 3.47. The van der Waals surface area contributed by atoms with Crippen molar-refractivity contribution in [1.29, 1.82) is 0 Å². The van der Waals surface area contributed by atoms with Crippen molar-refractivity contribution in [3.05, 3.63) is 72.8 Å². The van der Waals surface area contributed by atoms with E-state index in [-0.39, 0.29) is 11.5 Å². The molecule has 0 spiro atoms. The van der Waals surface area contributed by atoms with E-state index in [1.807, 2.05) is 24.3 Å². The summed E-state index contributed by atoms with van der Waals surface area (Å²) in [5.74, 6) is 0.542.